The molecule has 1 saturated heterocycles. The Bertz CT molecular complexity index is 294. The lowest BCUT2D eigenvalue weighted by molar-refractivity contribution is 0.0112. The first-order valence-corrected chi connectivity index (χ1v) is 9.53. The summed E-state index contributed by atoms with van der Waals surface area (Å²) in [6.45, 7) is 14.4. The smallest absolute Gasteiger partial charge is 0.0247 e. The molecule has 124 valence electrons. The number of nitrogens with zero attached hydrogens (tertiary/aromatic N) is 1. The largest absolute Gasteiger partial charge is 0.311 e. The second-order valence-corrected chi connectivity index (χ2v) is 8.14. The van der Waals surface area contributed by atoms with Gasteiger partial charge in [0.2, 0.25) is 0 Å². The maximum absolute atomic E-state index is 3.82. The van der Waals surface area contributed by atoms with Gasteiger partial charge in [0.25, 0.3) is 0 Å². The summed E-state index contributed by atoms with van der Waals surface area (Å²) in [4.78, 5) is 2.92. The highest BCUT2D eigenvalue weighted by molar-refractivity contribution is 4.94. The van der Waals surface area contributed by atoms with Crippen LogP contribution in [0.1, 0.15) is 73.1 Å². The fraction of sp³-hybridized carbons (Fsp3) is 1.00. The zero-order chi connectivity index (χ0) is 15.4. The molecule has 21 heavy (non-hydrogen) atoms. The topological polar surface area (TPSA) is 15.3 Å². The Balaban J connectivity index is 2.11. The van der Waals surface area contributed by atoms with Gasteiger partial charge in [0.05, 0.1) is 0 Å². The lowest BCUT2D eigenvalue weighted by atomic mass is 9.80. The van der Waals surface area contributed by atoms with Crippen LogP contribution in [0, 0.1) is 17.8 Å². The van der Waals surface area contributed by atoms with Gasteiger partial charge < -0.3 is 5.32 Å². The van der Waals surface area contributed by atoms with Gasteiger partial charge in [-0.05, 0) is 37.0 Å². The van der Waals surface area contributed by atoms with Crippen molar-refractivity contribution in [3.63, 3.8) is 0 Å². The monoisotopic (exact) mass is 294 g/mol. The van der Waals surface area contributed by atoms with Gasteiger partial charge >= 0.3 is 0 Å². The highest BCUT2D eigenvalue weighted by Gasteiger charge is 2.37. The second-order valence-electron chi connectivity index (χ2n) is 8.14. The Morgan fingerprint density at radius 3 is 2.19 bits per heavy atom. The second kappa shape index (κ2) is 7.97. The highest BCUT2D eigenvalue weighted by atomic mass is 15.3. The van der Waals surface area contributed by atoms with E-state index >= 15 is 0 Å². The maximum atomic E-state index is 3.82. The van der Waals surface area contributed by atoms with Crippen LogP contribution in [0.15, 0.2) is 0 Å². The molecular weight excluding hydrogens is 256 g/mol. The van der Waals surface area contributed by atoms with Crippen molar-refractivity contribution in [3.8, 4) is 0 Å². The SMILES string of the molecule is CCC(C1CCCCC1)N1CC(C(C)C)NCC1C(C)C. The molecule has 3 unspecified atom stereocenters. The minimum Gasteiger partial charge on any atom is -0.311 e. The number of piperazine rings is 1. The van der Waals surface area contributed by atoms with E-state index < -0.39 is 0 Å². The number of hydrogen-bond donors (Lipinski definition) is 1. The van der Waals surface area contributed by atoms with Crippen LogP contribution in [-0.2, 0) is 0 Å². The van der Waals surface area contributed by atoms with Crippen LogP contribution in [0.3, 0.4) is 0 Å². The van der Waals surface area contributed by atoms with Gasteiger partial charge in [-0.25, -0.2) is 0 Å². The fourth-order valence-electron chi connectivity index (χ4n) is 4.62. The Morgan fingerprint density at radius 1 is 1.00 bits per heavy atom. The minimum atomic E-state index is 0.678. The van der Waals surface area contributed by atoms with Crippen LogP contribution in [-0.4, -0.2) is 36.1 Å². The van der Waals surface area contributed by atoms with E-state index in [-0.39, 0.29) is 0 Å². The van der Waals surface area contributed by atoms with Crippen LogP contribution < -0.4 is 5.32 Å². The van der Waals surface area contributed by atoms with Crippen molar-refractivity contribution >= 4 is 0 Å². The van der Waals surface area contributed by atoms with Crippen molar-refractivity contribution in [2.75, 3.05) is 13.1 Å². The summed E-state index contributed by atoms with van der Waals surface area (Å²) >= 11 is 0. The molecule has 2 heteroatoms. The van der Waals surface area contributed by atoms with Crippen LogP contribution in [0.4, 0.5) is 0 Å². The van der Waals surface area contributed by atoms with Gasteiger partial charge in [-0.2, -0.15) is 0 Å². The molecule has 0 aromatic rings. The zero-order valence-electron chi connectivity index (χ0n) is 15.1. The summed E-state index contributed by atoms with van der Waals surface area (Å²) in [5.41, 5.74) is 0. The van der Waals surface area contributed by atoms with Crippen LogP contribution in [0.25, 0.3) is 0 Å². The molecule has 2 rings (SSSR count). The van der Waals surface area contributed by atoms with E-state index in [0.29, 0.717) is 6.04 Å². The van der Waals surface area contributed by atoms with Gasteiger partial charge in [0, 0.05) is 31.2 Å². The average Bonchev–Trinajstić information content (AvgIpc) is 2.48. The third-order valence-electron chi connectivity index (χ3n) is 6.04. The third-order valence-corrected chi connectivity index (χ3v) is 6.04. The number of rotatable bonds is 5. The van der Waals surface area contributed by atoms with Crippen LogP contribution >= 0.6 is 0 Å². The zero-order valence-corrected chi connectivity index (χ0v) is 15.1. The van der Waals surface area contributed by atoms with Crippen molar-refractivity contribution < 1.29 is 0 Å². The summed E-state index contributed by atoms with van der Waals surface area (Å²) in [6, 6.07) is 2.23. The molecule has 0 spiro atoms. The molecule has 1 heterocycles. The van der Waals surface area contributed by atoms with E-state index in [2.05, 4.69) is 44.8 Å². The first kappa shape index (κ1) is 17.3. The molecule has 2 nitrogen and oxygen atoms in total. The molecule has 2 aliphatic rings. The molecule has 1 N–H and O–H groups in total. The summed E-state index contributed by atoms with van der Waals surface area (Å²) in [7, 11) is 0. The molecule has 1 aliphatic heterocycles. The molecule has 0 amide bonds. The van der Waals surface area contributed by atoms with Gasteiger partial charge in [-0.3, -0.25) is 4.90 Å². The lowest BCUT2D eigenvalue weighted by Crippen LogP contribution is -2.63. The molecule has 1 saturated carbocycles. The Labute approximate surface area is 133 Å². The van der Waals surface area contributed by atoms with E-state index in [0.717, 1.165) is 29.8 Å². The van der Waals surface area contributed by atoms with Crippen molar-refractivity contribution in [2.24, 2.45) is 17.8 Å². The van der Waals surface area contributed by atoms with E-state index in [1.165, 1.54) is 51.6 Å². The summed E-state index contributed by atoms with van der Waals surface area (Å²) < 4.78 is 0. The molecular formula is C19H38N2. The molecule has 0 aromatic heterocycles. The van der Waals surface area contributed by atoms with Gasteiger partial charge in [0.15, 0.2) is 0 Å². The van der Waals surface area contributed by atoms with E-state index in [9.17, 15) is 0 Å². The van der Waals surface area contributed by atoms with Gasteiger partial charge in [-0.1, -0.05) is 53.9 Å². The Hall–Kier alpha value is -0.0800. The van der Waals surface area contributed by atoms with Gasteiger partial charge in [0.1, 0.15) is 0 Å². The quantitative estimate of drug-likeness (QED) is 0.813. The summed E-state index contributed by atoms with van der Waals surface area (Å²) in [6.07, 6.45) is 8.68. The number of hydrogen-bond acceptors (Lipinski definition) is 2. The third kappa shape index (κ3) is 4.22. The van der Waals surface area contributed by atoms with Crippen molar-refractivity contribution in [1.82, 2.24) is 10.2 Å². The Kier molecular flexibility index (Phi) is 6.55. The first-order valence-electron chi connectivity index (χ1n) is 9.53. The average molecular weight is 295 g/mol. The molecule has 0 bridgehead atoms. The number of nitrogens with one attached hydrogen (secondary N) is 1. The molecule has 2 fully saturated rings. The predicted molar refractivity (Wildman–Crippen MR) is 92.6 cm³/mol. The standard InChI is InChI=1S/C19H38N2/c1-6-18(16-10-8-7-9-11-16)21-13-17(14(2)3)20-12-19(21)15(4)5/h14-20H,6-13H2,1-5H3. The molecule has 3 atom stereocenters. The summed E-state index contributed by atoms with van der Waals surface area (Å²) in [5.74, 6) is 2.45. The lowest BCUT2D eigenvalue weighted by Gasteiger charge is -2.50. The van der Waals surface area contributed by atoms with Gasteiger partial charge in [-0.15, -0.1) is 0 Å². The molecule has 0 aromatic carbocycles. The van der Waals surface area contributed by atoms with Crippen molar-refractivity contribution in [3.05, 3.63) is 0 Å². The van der Waals surface area contributed by atoms with Crippen LogP contribution in [0.5, 0.6) is 0 Å². The molecule has 1 aliphatic carbocycles. The summed E-state index contributed by atoms with van der Waals surface area (Å²) in [5, 5.41) is 3.82. The maximum Gasteiger partial charge on any atom is 0.0247 e. The molecule has 0 radical (unpaired) electrons. The van der Waals surface area contributed by atoms with Crippen LogP contribution in [0.2, 0.25) is 0 Å². The first-order chi connectivity index (χ1) is 10.0. The van der Waals surface area contributed by atoms with E-state index in [1.807, 2.05) is 0 Å². The van der Waals surface area contributed by atoms with E-state index in [4.69, 9.17) is 0 Å². The fourth-order valence-corrected chi connectivity index (χ4v) is 4.62. The van der Waals surface area contributed by atoms with E-state index in [1.54, 1.807) is 0 Å². The Morgan fingerprint density at radius 2 is 1.67 bits per heavy atom. The van der Waals surface area contributed by atoms with Crippen molar-refractivity contribution in [1.29, 1.82) is 0 Å². The van der Waals surface area contributed by atoms with Crippen molar-refractivity contribution in [2.45, 2.75) is 91.3 Å². The highest BCUT2D eigenvalue weighted by Crippen LogP contribution is 2.33. The predicted octanol–water partition coefficient (Wildman–Crippen LogP) is 4.30. The minimum absolute atomic E-state index is 0.678. The normalized spacial score (nSPS) is 31.0.